The van der Waals surface area contributed by atoms with Gasteiger partial charge in [-0.25, -0.2) is 13.4 Å². The molecular weight excluding hydrogens is 580 g/mol. The van der Waals surface area contributed by atoms with Crippen molar-refractivity contribution in [3.63, 3.8) is 0 Å². The molecule has 0 aliphatic carbocycles. The summed E-state index contributed by atoms with van der Waals surface area (Å²) >= 11 is 0. The molecule has 0 aliphatic rings. The van der Waals surface area contributed by atoms with Gasteiger partial charge < -0.3 is 38.5 Å². The lowest BCUT2D eigenvalue weighted by molar-refractivity contribution is 0.104. The number of anilines is 1. The van der Waals surface area contributed by atoms with Gasteiger partial charge in [-0.1, -0.05) is 0 Å². The molecule has 0 atom stereocenters. The number of nitrogens with zero attached hydrogens (tertiary/aromatic N) is 1. The molecule has 0 fully saturated rings. The van der Waals surface area contributed by atoms with E-state index in [0.717, 1.165) is 5.41 Å². The molecule has 1 heterocycles. The van der Waals surface area contributed by atoms with Gasteiger partial charge in [0.05, 0.1) is 61.1 Å². The van der Waals surface area contributed by atoms with Crippen LogP contribution in [0.3, 0.4) is 0 Å². The summed E-state index contributed by atoms with van der Waals surface area (Å²) in [6, 6.07) is 7.96. The second-order valence-corrected chi connectivity index (χ2v) is 10.6. The maximum atomic E-state index is 13.0. The third-order valence-electron chi connectivity index (χ3n) is 6.10. The molecule has 0 saturated heterocycles. The molecule has 12 nitrogen and oxygen atoms in total. The predicted octanol–water partition coefficient (Wildman–Crippen LogP) is 4.54. The summed E-state index contributed by atoms with van der Waals surface area (Å²) in [5.41, 5.74) is 1.35. The van der Waals surface area contributed by atoms with E-state index in [1.165, 1.54) is 74.3 Å². The molecule has 13 heteroatoms. The Kier molecular flexibility index (Phi) is 11.2. The number of pyridine rings is 1. The van der Waals surface area contributed by atoms with Gasteiger partial charge in [-0.3, -0.25) is 4.79 Å². The van der Waals surface area contributed by atoms with Crippen LogP contribution in [0.2, 0.25) is 0 Å². The van der Waals surface area contributed by atoms with Crippen LogP contribution >= 0.6 is 0 Å². The van der Waals surface area contributed by atoms with Crippen molar-refractivity contribution < 1.29 is 46.4 Å². The maximum Gasteiger partial charge on any atom is 0.237 e. The molecule has 0 saturated carbocycles. The lowest BCUT2D eigenvalue weighted by Gasteiger charge is -2.13. The highest BCUT2D eigenvalue weighted by atomic mass is 32.2. The molecule has 43 heavy (non-hydrogen) atoms. The molecule has 0 amide bonds. The van der Waals surface area contributed by atoms with E-state index in [1.807, 2.05) is 0 Å². The highest BCUT2D eigenvalue weighted by Crippen LogP contribution is 2.36. The number of hydrogen-bond acceptors (Lipinski definition) is 12. The Labute approximate surface area is 250 Å². The minimum Gasteiger partial charge on any atom is -0.496 e. The summed E-state index contributed by atoms with van der Waals surface area (Å²) in [4.78, 5) is 17.2. The number of nitrogens with one attached hydrogen (secondary N) is 1. The van der Waals surface area contributed by atoms with Gasteiger partial charge in [0, 0.05) is 48.1 Å². The lowest BCUT2D eigenvalue weighted by atomic mass is 10.1. The molecule has 0 spiro atoms. The number of aromatic nitrogens is 1. The molecule has 230 valence electrons. The first kappa shape index (κ1) is 32.6. The topological polar surface area (TPSA) is 141 Å². The van der Waals surface area contributed by atoms with Crippen molar-refractivity contribution in [1.29, 1.82) is 0 Å². The molecule has 0 radical (unpaired) electrons. The first-order valence-electron chi connectivity index (χ1n) is 12.6. The van der Waals surface area contributed by atoms with Gasteiger partial charge in [0.1, 0.15) is 45.7 Å². The van der Waals surface area contributed by atoms with E-state index in [2.05, 4.69) is 10.3 Å². The maximum absolute atomic E-state index is 13.0. The first-order chi connectivity index (χ1) is 20.6. The number of hydrogen-bond donors (Lipinski definition) is 1. The van der Waals surface area contributed by atoms with Crippen LogP contribution in [0.1, 0.15) is 21.5 Å². The Bertz CT molecular complexity index is 1570. The van der Waals surface area contributed by atoms with E-state index in [0.29, 0.717) is 39.8 Å². The summed E-state index contributed by atoms with van der Waals surface area (Å²) in [5, 5.41) is 4.01. The van der Waals surface area contributed by atoms with Crippen LogP contribution in [-0.4, -0.2) is 69.0 Å². The predicted molar refractivity (Wildman–Crippen MR) is 162 cm³/mol. The van der Waals surface area contributed by atoms with Gasteiger partial charge in [-0.05, 0) is 17.7 Å². The van der Waals surface area contributed by atoms with Crippen LogP contribution in [-0.2, 0) is 15.6 Å². The van der Waals surface area contributed by atoms with Crippen molar-refractivity contribution >= 4 is 27.4 Å². The van der Waals surface area contributed by atoms with E-state index < -0.39 is 15.6 Å². The van der Waals surface area contributed by atoms with Crippen LogP contribution in [0.15, 0.2) is 54.2 Å². The quantitative estimate of drug-likeness (QED) is 0.190. The number of sulfone groups is 1. The highest BCUT2D eigenvalue weighted by molar-refractivity contribution is 7.93. The third-order valence-corrected chi connectivity index (χ3v) is 7.39. The van der Waals surface area contributed by atoms with Crippen LogP contribution in [0.25, 0.3) is 6.08 Å². The Hall–Kier alpha value is -4.91. The SMILES string of the molecule is COc1cc(OC)c(/C=C/S(=O)(=O)Cc2cnc(OC)c(N/C=C/C(=O)c3c(OC)cc(OC)cc3OC)c2)c(OC)c1. The number of benzene rings is 2. The molecule has 0 unspecified atom stereocenters. The van der Waals surface area contributed by atoms with Gasteiger partial charge >= 0.3 is 0 Å². The number of allylic oxidation sites excluding steroid dienone is 1. The number of ketones is 1. The second-order valence-electron chi connectivity index (χ2n) is 8.70. The third kappa shape index (κ3) is 8.10. The van der Waals surface area contributed by atoms with Crippen molar-refractivity contribution in [3.8, 4) is 40.4 Å². The molecule has 1 N–H and O–H groups in total. The van der Waals surface area contributed by atoms with E-state index >= 15 is 0 Å². The summed E-state index contributed by atoms with van der Waals surface area (Å²) < 4.78 is 63.3. The molecule has 1 aromatic heterocycles. The first-order valence-corrected chi connectivity index (χ1v) is 14.4. The molecule has 0 bridgehead atoms. The van der Waals surface area contributed by atoms with Crippen molar-refractivity contribution in [3.05, 3.63) is 70.9 Å². The van der Waals surface area contributed by atoms with Crippen molar-refractivity contribution in [2.75, 3.05) is 55.1 Å². The van der Waals surface area contributed by atoms with Crippen LogP contribution in [0.4, 0.5) is 5.69 Å². The van der Waals surface area contributed by atoms with Gasteiger partial charge in [-0.15, -0.1) is 0 Å². The number of ether oxygens (including phenoxy) is 7. The summed E-state index contributed by atoms with van der Waals surface area (Å²) in [5.74, 6) is 1.69. The highest BCUT2D eigenvalue weighted by Gasteiger charge is 2.19. The monoisotopic (exact) mass is 614 g/mol. The van der Waals surface area contributed by atoms with Gasteiger partial charge in [0.25, 0.3) is 0 Å². The average Bonchev–Trinajstić information content (AvgIpc) is 3.02. The number of carbonyl (C=O) groups is 1. The van der Waals surface area contributed by atoms with Crippen LogP contribution in [0.5, 0.6) is 40.4 Å². The normalized spacial score (nSPS) is 11.3. The Balaban J connectivity index is 1.83. The zero-order valence-corrected chi connectivity index (χ0v) is 25.7. The smallest absolute Gasteiger partial charge is 0.237 e. The number of rotatable bonds is 15. The number of methoxy groups -OCH3 is 7. The summed E-state index contributed by atoms with van der Waals surface area (Å²) in [6.07, 6.45) is 5.45. The Morgan fingerprint density at radius 1 is 0.767 bits per heavy atom. The zero-order valence-electron chi connectivity index (χ0n) is 24.9. The van der Waals surface area contributed by atoms with Crippen LogP contribution < -0.4 is 38.5 Å². The minimum absolute atomic E-state index is 0.195. The summed E-state index contributed by atoms with van der Waals surface area (Å²) in [6.45, 7) is 0. The standard InChI is InChI=1S/C30H34N2O10S/c1-36-20-13-25(38-3)22(26(14-20)39-4)9-11-43(34,35)18-19-12-23(30(42-7)32-17-19)31-10-8-24(33)29-27(40-5)15-21(37-2)16-28(29)41-6/h8-17,31H,18H2,1-7H3/b10-8+,11-9+. The van der Waals surface area contributed by atoms with Crippen molar-refractivity contribution in [2.45, 2.75) is 5.75 Å². The summed E-state index contributed by atoms with van der Waals surface area (Å²) in [7, 11) is 6.44. The minimum atomic E-state index is -3.77. The molecule has 2 aromatic carbocycles. The van der Waals surface area contributed by atoms with E-state index in [-0.39, 0.29) is 28.7 Å². The molecular formula is C30H34N2O10S. The average molecular weight is 615 g/mol. The van der Waals surface area contributed by atoms with E-state index in [9.17, 15) is 13.2 Å². The largest absolute Gasteiger partial charge is 0.496 e. The molecule has 3 rings (SSSR count). The lowest BCUT2D eigenvalue weighted by Crippen LogP contribution is -2.05. The van der Waals surface area contributed by atoms with E-state index in [1.54, 1.807) is 30.3 Å². The van der Waals surface area contributed by atoms with Crippen molar-refractivity contribution in [1.82, 2.24) is 4.98 Å². The van der Waals surface area contributed by atoms with Gasteiger partial charge in [-0.2, -0.15) is 0 Å². The fourth-order valence-electron chi connectivity index (χ4n) is 4.03. The fourth-order valence-corrected chi connectivity index (χ4v) is 5.09. The van der Waals surface area contributed by atoms with Gasteiger partial charge in [0.2, 0.25) is 5.88 Å². The zero-order chi connectivity index (χ0) is 31.6. The van der Waals surface area contributed by atoms with Crippen molar-refractivity contribution in [2.24, 2.45) is 0 Å². The number of carbonyl (C=O) groups excluding carboxylic acids is 1. The molecule has 0 aliphatic heterocycles. The fraction of sp³-hybridized carbons (Fsp3) is 0.267. The van der Waals surface area contributed by atoms with Crippen LogP contribution in [0, 0.1) is 0 Å². The second kappa shape index (κ2) is 14.8. The Morgan fingerprint density at radius 3 is 1.79 bits per heavy atom. The molecule has 3 aromatic rings. The van der Waals surface area contributed by atoms with Gasteiger partial charge in [0.15, 0.2) is 15.6 Å². The van der Waals surface area contributed by atoms with E-state index in [4.69, 9.17) is 33.2 Å². The Morgan fingerprint density at radius 2 is 1.30 bits per heavy atom.